The standard InChI is InChI=1S/C26H28FN5O3/c1-4-22(35-16-8-6-5-7-9-16)25(34)32-14-18-19(15-32)24(18)31(3)26-29-21(12-23(33)30(26)2)17-10-11-28-13-20(17)27/h5-13,18-19,22,24H,4,14-15H2,1-3H3/t18-,19+,22?,24+. The fourth-order valence-electron chi connectivity index (χ4n) is 5.12. The second kappa shape index (κ2) is 9.13. The maximum Gasteiger partial charge on any atom is 0.263 e. The Morgan fingerprint density at radius 3 is 2.60 bits per heavy atom. The maximum atomic E-state index is 14.3. The van der Waals surface area contributed by atoms with Crippen LogP contribution in [0.4, 0.5) is 10.3 Å². The van der Waals surface area contributed by atoms with Gasteiger partial charge in [-0.3, -0.25) is 19.1 Å². The lowest BCUT2D eigenvalue weighted by Gasteiger charge is -2.28. The number of pyridine rings is 1. The maximum absolute atomic E-state index is 14.3. The van der Waals surface area contributed by atoms with Crippen LogP contribution in [0.25, 0.3) is 11.3 Å². The minimum atomic E-state index is -0.525. The number of fused-ring (bicyclic) bond motifs is 1. The van der Waals surface area contributed by atoms with Crippen LogP contribution in [0, 0.1) is 17.7 Å². The first-order valence-electron chi connectivity index (χ1n) is 11.8. The molecule has 1 aromatic carbocycles. The summed E-state index contributed by atoms with van der Waals surface area (Å²) in [6.45, 7) is 3.23. The average Bonchev–Trinajstić information content (AvgIpc) is 3.36. The zero-order chi connectivity index (χ0) is 24.7. The molecule has 2 aromatic heterocycles. The number of piperidine rings is 1. The van der Waals surface area contributed by atoms with Gasteiger partial charge in [-0.25, -0.2) is 9.37 Å². The Balaban J connectivity index is 1.29. The summed E-state index contributed by atoms with van der Waals surface area (Å²) in [7, 11) is 3.56. The Hall–Kier alpha value is -3.75. The predicted octanol–water partition coefficient (Wildman–Crippen LogP) is 2.73. The molecule has 0 N–H and O–H groups in total. The van der Waals surface area contributed by atoms with Crippen LogP contribution < -0.4 is 15.2 Å². The van der Waals surface area contributed by atoms with E-state index in [9.17, 15) is 14.0 Å². The second-order valence-electron chi connectivity index (χ2n) is 9.19. The van der Waals surface area contributed by atoms with E-state index in [0.29, 0.717) is 31.2 Å². The van der Waals surface area contributed by atoms with E-state index in [2.05, 4.69) is 9.97 Å². The Morgan fingerprint density at radius 1 is 1.23 bits per heavy atom. The van der Waals surface area contributed by atoms with E-state index in [4.69, 9.17) is 4.74 Å². The number of benzene rings is 1. The van der Waals surface area contributed by atoms with Gasteiger partial charge in [0.1, 0.15) is 5.75 Å². The smallest absolute Gasteiger partial charge is 0.263 e. The molecule has 1 amide bonds. The van der Waals surface area contributed by atoms with Gasteiger partial charge in [0.2, 0.25) is 5.95 Å². The van der Waals surface area contributed by atoms with Crippen LogP contribution in [-0.4, -0.2) is 57.6 Å². The van der Waals surface area contributed by atoms with Crippen molar-refractivity contribution < 1.29 is 13.9 Å². The first-order valence-corrected chi connectivity index (χ1v) is 11.8. The summed E-state index contributed by atoms with van der Waals surface area (Å²) in [5, 5.41) is 0. The number of nitrogens with zero attached hydrogens (tertiary/aromatic N) is 5. The van der Waals surface area contributed by atoms with Crippen molar-refractivity contribution in [1.29, 1.82) is 0 Å². The highest BCUT2D eigenvalue weighted by Crippen LogP contribution is 2.49. The molecule has 2 aliphatic rings. The van der Waals surface area contributed by atoms with Gasteiger partial charge in [-0.1, -0.05) is 25.1 Å². The molecule has 4 atom stereocenters. The number of carbonyl (C=O) groups is 1. The number of halogens is 1. The molecule has 1 aliphatic carbocycles. The molecule has 1 aliphatic heterocycles. The van der Waals surface area contributed by atoms with Crippen LogP contribution >= 0.6 is 0 Å². The average molecular weight is 478 g/mol. The van der Waals surface area contributed by atoms with Crippen molar-refractivity contribution in [3.8, 4) is 17.0 Å². The molecule has 182 valence electrons. The minimum absolute atomic E-state index is 0.00522. The van der Waals surface area contributed by atoms with Crippen molar-refractivity contribution in [3.63, 3.8) is 0 Å². The van der Waals surface area contributed by atoms with Gasteiger partial charge in [-0.05, 0) is 24.6 Å². The Kier molecular flexibility index (Phi) is 6.00. The summed E-state index contributed by atoms with van der Waals surface area (Å²) >= 11 is 0. The van der Waals surface area contributed by atoms with Crippen LogP contribution in [0.15, 0.2) is 59.7 Å². The van der Waals surface area contributed by atoms with Crippen molar-refractivity contribution in [2.45, 2.75) is 25.5 Å². The molecule has 0 radical (unpaired) electrons. The zero-order valence-electron chi connectivity index (χ0n) is 20.0. The summed E-state index contributed by atoms with van der Waals surface area (Å²) in [5.41, 5.74) is 0.255. The molecule has 8 nitrogen and oxygen atoms in total. The Labute approximate surface area is 203 Å². The van der Waals surface area contributed by atoms with Crippen molar-refractivity contribution in [2.75, 3.05) is 25.0 Å². The van der Waals surface area contributed by atoms with E-state index in [1.165, 1.54) is 22.9 Å². The number of anilines is 1. The van der Waals surface area contributed by atoms with Gasteiger partial charge in [0.25, 0.3) is 11.5 Å². The summed E-state index contributed by atoms with van der Waals surface area (Å²) in [5.74, 6) is 1.22. The molecule has 9 heteroatoms. The van der Waals surface area contributed by atoms with Gasteiger partial charge in [0, 0.05) is 62.9 Å². The molecule has 0 spiro atoms. The number of carbonyl (C=O) groups excluding carboxylic acids is 1. The molecule has 3 aromatic rings. The number of rotatable bonds is 7. The highest BCUT2D eigenvalue weighted by atomic mass is 19.1. The van der Waals surface area contributed by atoms with Gasteiger partial charge >= 0.3 is 0 Å². The lowest BCUT2D eigenvalue weighted by atomic mass is 10.2. The molecular weight excluding hydrogens is 449 g/mol. The molecule has 35 heavy (non-hydrogen) atoms. The first-order chi connectivity index (χ1) is 16.9. The fraction of sp³-hybridized carbons (Fsp3) is 0.385. The number of likely N-dealkylation sites (tertiary alicyclic amines) is 1. The minimum Gasteiger partial charge on any atom is -0.481 e. The van der Waals surface area contributed by atoms with E-state index < -0.39 is 11.9 Å². The summed E-state index contributed by atoms with van der Waals surface area (Å²) < 4.78 is 21.7. The molecule has 2 fully saturated rings. The van der Waals surface area contributed by atoms with E-state index in [0.717, 1.165) is 6.20 Å². The van der Waals surface area contributed by atoms with Gasteiger partial charge < -0.3 is 14.5 Å². The summed E-state index contributed by atoms with van der Waals surface area (Å²) in [6.07, 6.45) is 2.66. The van der Waals surface area contributed by atoms with Crippen LogP contribution in [0.1, 0.15) is 13.3 Å². The summed E-state index contributed by atoms with van der Waals surface area (Å²) in [4.78, 5) is 38.0. The normalized spacial score (nSPS) is 21.4. The number of ether oxygens (including phenoxy) is 1. The highest BCUT2D eigenvalue weighted by molar-refractivity contribution is 5.82. The number of aromatic nitrogens is 3. The molecule has 0 bridgehead atoms. The Morgan fingerprint density at radius 2 is 1.94 bits per heavy atom. The van der Waals surface area contributed by atoms with Gasteiger partial charge in [0.15, 0.2) is 11.9 Å². The van der Waals surface area contributed by atoms with Crippen molar-refractivity contribution in [3.05, 3.63) is 71.0 Å². The summed E-state index contributed by atoms with van der Waals surface area (Å²) in [6, 6.07) is 12.4. The Bertz CT molecular complexity index is 1290. The quantitative estimate of drug-likeness (QED) is 0.521. The van der Waals surface area contributed by atoms with Crippen molar-refractivity contribution >= 4 is 11.9 Å². The van der Waals surface area contributed by atoms with Crippen LogP contribution in [0.2, 0.25) is 0 Å². The van der Waals surface area contributed by atoms with Gasteiger partial charge in [-0.2, -0.15) is 0 Å². The van der Waals surface area contributed by atoms with Crippen molar-refractivity contribution in [1.82, 2.24) is 19.4 Å². The molecule has 1 unspecified atom stereocenters. The lowest BCUT2D eigenvalue weighted by Crippen LogP contribution is -2.44. The van der Waals surface area contributed by atoms with Crippen LogP contribution in [-0.2, 0) is 11.8 Å². The second-order valence-corrected chi connectivity index (χ2v) is 9.19. The zero-order valence-corrected chi connectivity index (χ0v) is 20.0. The van der Waals surface area contributed by atoms with E-state index >= 15 is 0 Å². The van der Waals surface area contributed by atoms with E-state index in [-0.39, 0.29) is 40.6 Å². The van der Waals surface area contributed by atoms with E-state index in [1.54, 1.807) is 7.05 Å². The van der Waals surface area contributed by atoms with E-state index in [1.807, 2.05) is 54.1 Å². The largest absolute Gasteiger partial charge is 0.481 e. The number of hydrogen-bond acceptors (Lipinski definition) is 6. The monoisotopic (exact) mass is 477 g/mol. The van der Waals surface area contributed by atoms with Crippen LogP contribution in [0.3, 0.4) is 0 Å². The lowest BCUT2D eigenvalue weighted by molar-refractivity contribution is -0.138. The number of hydrogen-bond donors (Lipinski definition) is 0. The molecule has 5 rings (SSSR count). The van der Waals surface area contributed by atoms with Crippen LogP contribution in [0.5, 0.6) is 5.75 Å². The molecular formula is C26H28FN5O3. The molecule has 1 saturated carbocycles. The SMILES string of the molecule is CCC(Oc1ccccc1)C(=O)N1C[C@@H]2[C@H](C1)[C@H]2N(C)c1nc(-c2ccncc2F)cc(=O)n1C. The third-order valence-electron chi connectivity index (χ3n) is 7.05. The van der Waals surface area contributed by atoms with Gasteiger partial charge in [-0.15, -0.1) is 0 Å². The first kappa shape index (κ1) is 23.0. The topological polar surface area (TPSA) is 80.6 Å². The third-order valence-corrected chi connectivity index (χ3v) is 7.05. The third kappa shape index (κ3) is 4.26. The predicted molar refractivity (Wildman–Crippen MR) is 130 cm³/mol. The van der Waals surface area contributed by atoms with Crippen molar-refractivity contribution in [2.24, 2.45) is 18.9 Å². The molecule has 1 saturated heterocycles. The number of para-hydroxylation sites is 1. The fourth-order valence-corrected chi connectivity index (χ4v) is 5.12. The molecule has 3 heterocycles. The van der Waals surface area contributed by atoms with Gasteiger partial charge in [0.05, 0.1) is 11.9 Å². The number of amides is 1. The highest BCUT2D eigenvalue weighted by Gasteiger charge is 2.59.